The molecule has 0 atom stereocenters. The number of hydrogen-bond donors (Lipinski definition) is 1. The van der Waals surface area contributed by atoms with Crippen molar-refractivity contribution in [2.75, 3.05) is 20.1 Å². The van der Waals surface area contributed by atoms with Crippen LogP contribution >= 0.6 is 0 Å². The van der Waals surface area contributed by atoms with Crippen LogP contribution in [0.2, 0.25) is 0 Å². The number of nitrogens with zero attached hydrogens (tertiary/aromatic N) is 1. The molecule has 2 rings (SSSR count). The molecule has 0 radical (unpaired) electrons. The molecule has 0 saturated carbocycles. The fraction of sp³-hybridized carbons (Fsp3) is 0.381. The predicted molar refractivity (Wildman–Crippen MR) is 100 cm³/mol. The molecule has 2 aromatic carbocycles. The molecule has 0 spiro atoms. The Kier molecular flexibility index (Phi) is 6.16. The second kappa shape index (κ2) is 8.11. The minimum absolute atomic E-state index is 0.0696. The Morgan fingerprint density at radius 3 is 2.29 bits per heavy atom. The van der Waals surface area contributed by atoms with Gasteiger partial charge in [0.05, 0.1) is 0 Å². The van der Waals surface area contributed by atoms with E-state index >= 15 is 0 Å². The Hall–Kier alpha value is -2.13. The van der Waals surface area contributed by atoms with Crippen LogP contribution in [0.4, 0.5) is 0 Å². The van der Waals surface area contributed by atoms with Gasteiger partial charge in [-0.25, -0.2) is 0 Å². The molecule has 0 unspecified atom stereocenters. The Labute approximate surface area is 145 Å². The molecule has 3 nitrogen and oxygen atoms in total. The fourth-order valence-corrected chi connectivity index (χ4v) is 2.85. The van der Waals surface area contributed by atoms with E-state index in [1.54, 1.807) is 4.90 Å². The van der Waals surface area contributed by atoms with Crippen LogP contribution in [0.5, 0.6) is 0 Å². The van der Waals surface area contributed by atoms with Gasteiger partial charge in [0, 0.05) is 19.2 Å². The lowest BCUT2D eigenvalue weighted by Crippen LogP contribution is -2.40. The smallest absolute Gasteiger partial charge is 0.253 e. The van der Waals surface area contributed by atoms with Crippen molar-refractivity contribution >= 4 is 5.91 Å². The van der Waals surface area contributed by atoms with E-state index in [4.69, 9.17) is 5.73 Å². The fourth-order valence-electron chi connectivity index (χ4n) is 2.85. The number of hydrogen-bond acceptors (Lipinski definition) is 2. The molecule has 3 heteroatoms. The first-order chi connectivity index (χ1) is 11.4. The van der Waals surface area contributed by atoms with Crippen LogP contribution in [-0.4, -0.2) is 30.9 Å². The van der Waals surface area contributed by atoms with Crippen molar-refractivity contribution in [1.82, 2.24) is 4.90 Å². The average molecular weight is 324 g/mol. The third kappa shape index (κ3) is 4.93. The van der Waals surface area contributed by atoms with Gasteiger partial charge < -0.3 is 10.6 Å². The maximum absolute atomic E-state index is 12.9. The minimum atomic E-state index is -0.0800. The first-order valence-corrected chi connectivity index (χ1v) is 8.50. The standard InChI is InChI=1S/C21H28N2O/c1-21(2,15-22)16-23(3)20(24)19-12-8-7-11-18(19)14-13-17-9-5-4-6-10-17/h4-12H,13-16,22H2,1-3H3. The van der Waals surface area contributed by atoms with Gasteiger partial charge in [-0.05, 0) is 42.0 Å². The summed E-state index contributed by atoms with van der Waals surface area (Å²) in [7, 11) is 1.85. The molecule has 0 aliphatic rings. The van der Waals surface area contributed by atoms with Crippen LogP contribution in [0.15, 0.2) is 54.6 Å². The summed E-state index contributed by atoms with van der Waals surface area (Å²) in [6.45, 7) is 5.37. The van der Waals surface area contributed by atoms with Crippen LogP contribution < -0.4 is 5.73 Å². The number of aryl methyl sites for hydroxylation is 2. The van der Waals surface area contributed by atoms with Crippen molar-refractivity contribution in [3.8, 4) is 0 Å². The monoisotopic (exact) mass is 324 g/mol. The van der Waals surface area contributed by atoms with Crippen molar-refractivity contribution in [3.63, 3.8) is 0 Å². The highest BCUT2D eigenvalue weighted by Crippen LogP contribution is 2.18. The van der Waals surface area contributed by atoms with Crippen LogP contribution in [0, 0.1) is 5.41 Å². The maximum Gasteiger partial charge on any atom is 0.253 e. The second-order valence-electron chi connectivity index (χ2n) is 7.17. The highest BCUT2D eigenvalue weighted by molar-refractivity contribution is 5.95. The van der Waals surface area contributed by atoms with Gasteiger partial charge in [-0.1, -0.05) is 62.4 Å². The summed E-state index contributed by atoms with van der Waals surface area (Å²) >= 11 is 0. The maximum atomic E-state index is 12.9. The molecule has 0 heterocycles. The van der Waals surface area contributed by atoms with E-state index in [1.165, 1.54) is 5.56 Å². The topological polar surface area (TPSA) is 46.3 Å². The largest absolute Gasteiger partial charge is 0.341 e. The Balaban J connectivity index is 2.11. The summed E-state index contributed by atoms with van der Waals surface area (Å²) in [5, 5.41) is 0. The van der Waals surface area contributed by atoms with E-state index in [2.05, 4.69) is 44.2 Å². The van der Waals surface area contributed by atoms with Crippen molar-refractivity contribution in [1.29, 1.82) is 0 Å². The summed E-state index contributed by atoms with van der Waals surface area (Å²) in [6.07, 6.45) is 1.79. The van der Waals surface area contributed by atoms with Crippen molar-refractivity contribution in [2.24, 2.45) is 11.1 Å². The van der Waals surface area contributed by atoms with E-state index in [9.17, 15) is 4.79 Å². The lowest BCUT2D eigenvalue weighted by molar-refractivity contribution is 0.0739. The number of carbonyl (C=O) groups is 1. The molecule has 0 aliphatic carbocycles. The van der Waals surface area contributed by atoms with Crippen molar-refractivity contribution < 1.29 is 4.79 Å². The Morgan fingerprint density at radius 1 is 1.00 bits per heavy atom. The molecular formula is C21H28N2O. The SMILES string of the molecule is CN(CC(C)(C)CN)C(=O)c1ccccc1CCc1ccccc1. The van der Waals surface area contributed by atoms with E-state index in [-0.39, 0.29) is 11.3 Å². The molecule has 2 aromatic rings. The summed E-state index contributed by atoms with van der Waals surface area (Å²) in [4.78, 5) is 14.6. The summed E-state index contributed by atoms with van der Waals surface area (Å²) in [5.74, 6) is 0.0696. The van der Waals surface area contributed by atoms with Gasteiger partial charge in [0.2, 0.25) is 0 Å². The quantitative estimate of drug-likeness (QED) is 0.847. The third-order valence-electron chi connectivity index (χ3n) is 4.34. The van der Waals surface area contributed by atoms with Crippen LogP contribution in [-0.2, 0) is 12.8 Å². The van der Waals surface area contributed by atoms with Crippen LogP contribution in [0.3, 0.4) is 0 Å². The number of nitrogens with two attached hydrogens (primary N) is 1. The van der Waals surface area contributed by atoms with Gasteiger partial charge in [-0.3, -0.25) is 4.79 Å². The highest BCUT2D eigenvalue weighted by atomic mass is 16.2. The molecule has 1 amide bonds. The normalized spacial score (nSPS) is 11.3. The molecule has 0 aromatic heterocycles. The molecule has 0 fully saturated rings. The highest BCUT2D eigenvalue weighted by Gasteiger charge is 2.23. The van der Waals surface area contributed by atoms with E-state index in [0.717, 1.165) is 24.0 Å². The Bertz CT molecular complexity index is 665. The first-order valence-electron chi connectivity index (χ1n) is 8.50. The summed E-state index contributed by atoms with van der Waals surface area (Å²) in [6, 6.07) is 18.3. The first kappa shape index (κ1) is 18.2. The van der Waals surface area contributed by atoms with Gasteiger partial charge in [-0.15, -0.1) is 0 Å². The zero-order valence-corrected chi connectivity index (χ0v) is 15.0. The van der Waals surface area contributed by atoms with Crippen LogP contribution in [0.25, 0.3) is 0 Å². The molecule has 128 valence electrons. The van der Waals surface area contributed by atoms with Gasteiger partial charge in [-0.2, -0.15) is 0 Å². The third-order valence-corrected chi connectivity index (χ3v) is 4.34. The zero-order valence-electron chi connectivity index (χ0n) is 15.0. The summed E-state index contributed by atoms with van der Waals surface area (Å²) < 4.78 is 0. The Morgan fingerprint density at radius 2 is 1.62 bits per heavy atom. The molecule has 2 N–H and O–H groups in total. The lowest BCUT2D eigenvalue weighted by Gasteiger charge is -2.29. The molecule has 0 saturated heterocycles. The van der Waals surface area contributed by atoms with E-state index in [0.29, 0.717) is 13.1 Å². The number of amides is 1. The number of carbonyl (C=O) groups excluding carboxylic acids is 1. The lowest BCUT2D eigenvalue weighted by atomic mass is 9.92. The minimum Gasteiger partial charge on any atom is -0.341 e. The zero-order chi connectivity index (χ0) is 17.6. The van der Waals surface area contributed by atoms with Crippen molar-refractivity contribution in [3.05, 3.63) is 71.3 Å². The number of benzene rings is 2. The van der Waals surface area contributed by atoms with Crippen molar-refractivity contribution in [2.45, 2.75) is 26.7 Å². The van der Waals surface area contributed by atoms with Gasteiger partial charge >= 0.3 is 0 Å². The van der Waals surface area contributed by atoms with Gasteiger partial charge in [0.15, 0.2) is 0 Å². The molecule has 24 heavy (non-hydrogen) atoms. The predicted octanol–water partition coefficient (Wildman–Crippen LogP) is 3.53. The average Bonchev–Trinajstić information content (AvgIpc) is 2.60. The van der Waals surface area contributed by atoms with Gasteiger partial charge in [0.25, 0.3) is 5.91 Å². The van der Waals surface area contributed by atoms with Crippen LogP contribution in [0.1, 0.15) is 35.3 Å². The molecule has 0 aliphatic heterocycles. The molecule has 0 bridgehead atoms. The molecular weight excluding hydrogens is 296 g/mol. The van der Waals surface area contributed by atoms with Gasteiger partial charge in [0.1, 0.15) is 0 Å². The second-order valence-corrected chi connectivity index (χ2v) is 7.17. The van der Waals surface area contributed by atoms with E-state index in [1.807, 2.05) is 31.3 Å². The van der Waals surface area contributed by atoms with E-state index < -0.39 is 0 Å². The number of rotatable bonds is 7. The summed E-state index contributed by atoms with van der Waals surface area (Å²) in [5.41, 5.74) is 8.90.